The first-order valence-corrected chi connectivity index (χ1v) is 5.95. The predicted octanol–water partition coefficient (Wildman–Crippen LogP) is 3.41. The van der Waals surface area contributed by atoms with Gasteiger partial charge in [-0.15, -0.1) is 0 Å². The highest BCUT2D eigenvalue weighted by Crippen LogP contribution is 2.18. The van der Waals surface area contributed by atoms with Crippen molar-refractivity contribution >= 4 is 11.6 Å². The van der Waals surface area contributed by atoms with Crippen molar-refractivity contribution in [2.75, 3.05) is 5.32 Å². The smallest absolute Gasteiger partial charge is 0.387 e. The molecule has 0 radical (unpaired) electrons. The number of alkyl halides is 2. The Hall–Kier alpha value is -2.94. The zero-order valence-electron chi connectivity index (χ0n) is 10.7. The van der Waals surface area contributed by atoms with Gasteiger partial charge in [-0.05, 0) is 30.3 Å². The van der Waals surface area contributed by atoms with E-state index in [9.17, 15) is 13.6 Å². The number of halogens is 2. The van der Waals surface area contributed by atoms with Crippen LogP contribution in [0.4, 0.5) is 14.5 Å². The lowest BCUT2D eigenvalue weighted by molar-refractivity contribution is -0.0498. The van der Waals surface area contributed by atoms with E-state index in [-0.39, 0.29) is 11.3 Å². The summed E-state index contributed by atoms with van der Waals surface area (Å²) in [6.45, 7) is -2.96. The van der Waals surface area contributed by atoms with E-state index in [0.717, 1.165) is 0 Å². The maximum atomic E-state index is 12.1. The van der Waals surface area contributed by atoms with E-state index in [2.05, 4.69) is 10.1 Å². The van der Waals surface area contributed by atoms with Gasteiger partial charge in [0.1, 0.15) is 11.8 Å². The van der Waals surface area contributed by atoms with Crippen LogP contribution in [0.1, 0.15) is 15.9 Å². The van der Waals surface area contributed by atoms with Gasteiger partial charge in [0.15, 0.2) is 0 Å². The summed E-state index contributed by atoms with van der Waals surface area (Å²) in [5.74, 6) is -0.622. The summed E-state index contributed by atoms with van der Waals surface area (Å²) in [4.78, 5) is 12.1. The normalized spacial score (nSPS) is 10.0. The van der Waals surface area contributed by atoms with Gasteiger partial charge in [0.2, 0.25) is 0 Å². The van der Waals surface area contributed by atoms with Crippen LogP contribution in [-0.2, 0) is 0 Å². The first-order chi connectivity index (χ1) is 10.1. The summed E-state index contributed by atoms with van der Waals surface area (Å²) in [5, 5.41) is 11.5. The third kappa shape index (κ3) is 3.76. The molecule has 2 rings (SSSR count). The molecule has 2 aromatic rings. The number of hydrogen-bond acceptors (Lipinski definition) is 3. The van der Waals surface area contributed by atoms with Crippen LogP contribution in [0.15, 0.2) is 48.5 Å². The fourth-order valence-electron chi connectivity index (χ4n) is 1.70. The van der Waals surface area contributed by atoms with Crippen molar-refractivity contribution < 1.29 is 18.3 Å². The third-order valence-electron chi connectivity index (χ3n) is 2.62. The Morgan fingerprint density at radius 3 is 2.67 bits per heavy atom. The first-order valence-electron chi connectivity index (χ1n) is 5.95. The van der Waals surface area contributed by atoms with Gasteiger partial charge in [0.25, 0.3) is 5.91 Å². The van der Waals surface area contributed by atoms with Gasteiger partial charge >= 0.3 is 6.61 Å². The number of nitrogens with zero attached hydrogens (tertiary/aromatic N) is 1. The molecule has 0 saturated carbocycles. The number of carbonyl (C=O) groups is 1. The van der Waals surface area contributed by atoms with Gasteiger partial charge in [0.05, 0.1) is 11.3 Å². The molecule has 0 heterocycles. The molecule has 0 atom stereocenters. The summed E-state index contributed by atoms with van der Waals surface area (Å²) in [6, 6.07) is 13.9. The lowest BCUT2D eigenvalue weighted by Crippen LogP contribution is -2.13. The Morgan fingerprint density at radius 2 is 1.95 bits per heavy atom. The molecule has 21 heavy (non-hydrogen) atoms. The highest BCUT2D eigenvalue weighted by atomic mass is 19.3. The lowest BCUT2D eigenvalue weighted by atomic mass is 10.1. The fraction of sp³-hybridized carbons (Fsp3) is 0.0667. The number of amides is 1. The Bertz CT molecular complexity index is 696. The average molecular weight is 288 g/mol. The maximum Gasteiger partial charge on any atom is 0.387 e. The molecule has 4 nitrogen and oxygen atoms in total. The highest BCUT2D eigenvalue weighted by Gasteiger charge is 2.11. The van der Waals surface area contributed by atoms with Crippen molar-refractivity contribution in [2.24, 2.45) is 0 Å². The van der Waals surface area contributed by atoms with Gasteiger partial charge in [-0.1, -0.05) is 18.2 Å². The van der Waals surface area contributed by atoms with Gasteiger partial charge in [-0.3, -0.25) is 4.79 Å². The first kappa shape index (κ1) is 14.5. The molecule has 106 valence electrons. The zero-order valence-corrected chi connectivity index (χ0v) is 10.7. The zero-order chi connectivity index (χ0) is 15.2. The van der Waals surface area contributed by atoms with Crippen molar-refractivity contribution in [3.05, 3.63) is 59.7 Å². The summed E-state index contributed by atoms with van der Waals surface area (Å²) in [6.07, 6.45) is 0. The number of carbonyl (C=O) groups excluding carboxylic acids is 1. The second-order valence-electron chi connectivity index (χ2n) is 4.02. The number of rotatable bonds is 4. The third-order valence-corrected chi connectivity index (χ3v) is 2.62. The Labute approximate surface area is 119 Å². The van der Waals surface area contributed by atoms with E-state index < -0.39 is 12.5 Å². The molecule has 0 bridgehead atoms. The van der Waals surface area contributed by atoms with Gasteiger partial charge < -0.3 is 10.1 Å². The van der Waals surface area contributed by atoms with E-state index in [1.54, 1.807) is 24.3 Å². The molecule has 0 aliphatic heterocycles. The molecule has 1 amide bonds. The molecule has 0 aliphatic rings. The van der Waals surface area contributed by atoms with Gasteiger partial charge in [0, 0.05) is 5.56 Å². The van der Waals surface area contributed by atoms with Crippen molar-refractivity contribution in [1.29, 1.82) is 5.26 Å². The molecule has 0 spiro atoms. The van der Waals surface area contributed by atoms with Crippen LogP contribution >= 0.6 is 0 Å². The van der Waals surface area contributed by atoms with E-state index in [1.165, 1.54) is 24.3 Å². The SMILES string of the molecule is N#Cc1ccccc1NC(=O)c1cccc(OC(F)F)c1. The number of nitrogens with one attached hydrogen (secondary N) is 1. The molecule has 0 fully saturated rings. The summed E-state index contributed by atoms with van der Waals surface area (Å²) in [5.41, 5.74) is 0.817. The second kappa shape index (κ2) is 6.48. The van der Waals surface area contributed by atoms with Crippen LogP contribution < -0.4 is 10.1 Å². The topological polar surface area (TPSA) is 62.1 Å². The molecule has 0 saturated heterocycles. The Balaban J connectivity index is 2.19. The van der Waals surface area contributed by atoms with Crippen molar-refractivity contribution in [1.82, 2.24) is 0 Å². The summed E-state index contributed by atoms with van der Waals surface area (Å²) in [7, 11) is 0. The van der Waals surface area contributed by atoms with E-state index >= 15 is 0 Å². The average Bonchev–Trinajstić information content (AvgIpc) is 2.47. The van der Waals surface area contributed by atoms with Crippen molar-refractivity contribution in [3.63, 3.8) is 0 Å². The molecule has 0 aromatic heterocycles. The van der Waals surface area contributed by atoms with Gasteiger partial charge in [-0.2, -0.15) is 14.0 Å². The Kier molecular flexibility index (Phi) is 4.46. The van der Waals surface area contributed by atoms with Crippen LogP contribution in [0, 0.1) is 11.3 Å². The fourth-order valence-corrected chi connectivity index (χ4v) is 1.70. The minimum atomic E-state index is -2.96. The molecular weight excluding hydrogens is 278 g/mol. The number of nitriles is 1. The molecule has 6 heteroatoms. The van der Waals surface area contributed by atoms with E-state index in [0.29, 0.717) is 11.3 Å². The van der Waals surface area contributed by atoms with Crippen LogP contribution in [0.25, 0.3) is 0 Å². The van der Waals surface area contributed by atoms with Crippen molar-refractivity contribution in [2.45, 2.75) is 6.61 Å². The minimum absolute atomic E-state index is 0.105. The van der Waals surface area contributed by atoms with Crippen molar-refractivity contribution in [3.8, 4) is 11.8 Å². The minimum Gasteiger partial charge on any atom is -0.435 e. The van der Waals surface area contributed by atoms with Crippen LogP contribution in [0.5, 0.6) is 5.75 Å². The molecular formula is C15H10F2N2O2. The quantitative estimate of drug-likeness (QED) is 0.937. The van der Waals surface area contributed by atoms with Crippen LogP contribution in [0.3, 0.4) is 0 Å². The molecule has 1 N–H and O–H groups in total. The highest BCUT2D eigenvalue weighted by molar-refractivity contribution is 6.05. The molecule has 0 aliphatic carbocycles. The number of anilines is 1. The van der Waals surface area contributed by atoms with E-state index in [1.807, 2.05) is 6.07 Å². The standard InChI is InChI=1S/C15H10F2N2O2/c16-15(17)21-12-6-3-5-10(8-12)14(20)19-13-7-2-1-4-11(13)9-18/h1-8,15H,(H,19,20). The summed E-state index contributed by atoms with van der Waals surface area (Å²) < 4.78 is 28.5. The largest absolute Gasteiger partial charge is 0.435 e. The Morgan fingerprint density at radius 1 is 1.19 bits per heavy atom. The number of para-hydroxylation sites is 1. The second-order valence-corrected chi connectivity index (χ2v) is 4.02. The van der Waals surface area contributed by atoms with Gasteiger partial charge in [-0.25, -0.2) is 0 Å². The monoisotopic (exact) mass is 288 g/mol. The van der Waals surface area contributed by atoms with Crippen LogP contribution in [0.2, 0.25) is 0 Å². The maximum absolute atomic E-state index is 12.1. The van der Waals surface area contributed by atoms with Crippen LogP contribution in [-0.4, -0.2) is 12.5 Å². The number of benzene rings is 2. The molecule has 0 unspecified atom stereocenters. The predicted molar refractivity (Wildman–Crippen MR) is 72.2 cm³/mol. The number of hydrogen-bond donors (Lipinski definition) is 1. The number of ether oxygens (including phenoxy) is 1. The lowest BCUT2D eigenvalue weighted by Gasteiger charge is -2.08. The molecule has 2 aromatic carbocycles. The van der Waals surface area contributed by atoms with E-state index in [4.69, 9.17) is 5.26 Å². The summed E-state index contributed by atoms with van der Waals surface area (Å²) >= 11 is 0.